The molecule has 0 aromatic rings. The summed E-state index contributed by atoms with van der Waals surface area (Å²) in [5.41, 5.74) is 0. The predicted molar refractivity (Wildman–Crippen MR) is 69.1 cm³/mol. The Hall–Kier alpha value is -1.54. The lowest BCUT2D eigenvalue weighted by molar-refractivity contribution is -0.130. The highest BCUT2D eigenvalue weighted by molar-refractivity contribution is 5.82. The van der Waals surface area contributed by atoms with Crippen LogP contribution in [-0.4, -0.2) is 41.3 Å². The summed E-state index contributed by atoms with van der Waals surface area (Å²) < 4.78 is 0. The van der Waals surface area contributed by atoms with E-state index in [4.69, 9.17) is 0 Å². The average Bonchev–Trinajstić information content (AvgIpc) is 2.96. The van der Waals surface area contributed by atoms with Crippen LogP contribution in [0.15, 0.2) is 19.0 Å². The molecule has 2 rings (SSSR count). The van der Waals surface area contributed by atoms with E-state index in [0.717, 1.165) is 32.5 Å². The second-order valence-corrected chi connectivity index (χ2v) is 5.26. The van der Waals surface area contributed by atoms with Gasteiger partial charge in [0.25, 0.3) is 0 Å². The summed E-state index contributed by atoms with van der Waals surface area (Å²) in [6, 6.07) is 0. The molecule has 4 nitrogen and oxygen atoms in total. The number of nitrogens with zero attached hydrogens (tertiary/aromatic N) is 2. The number of hydrogen-bond acceptors (Lipinski definition) is 3. The molecular weight excluding hydrogens is 228 g/mol. The first-order chi connectivity index (χ1) is 8.67. The second-order valence-electron chi connectivity index (χ2n) is 5.26. The molecule has 18 heavy (non-hydrogen) atoms. The van der Waals surface area contributed by atoms with E-state index < -0.39 is 0 Å². The van der Waals surface area contributed by atoms with Crippen LogP contribution in [0.2, 0.25) is 0 Å². The van der Waals surface area contributed by atoms with Gasteiger partial charge in [-0.3, -0.25) is 4.79 Å². The Morgan fingerprint density at radius 1 is 1.44 bits per heavy atom. The van der Waals surface area contributed by atoms with Gasteiger partial charge in [0.15, 0.2) is 0 Å². The smallest absolute Gasteiger partial charge is 0.229 e. The third-order valence-electron chi connectivity index (χ3n) is 4.37. The van der Waals surface area contributed by atoms with Gasteiger partial charge in [0.2, 0.25) is 5.91 Å². The summed E-state index contributed by atoms with van der Waals surface area (Å²) in [6.07, 6.45) is 5.09. The third kappa shape index (κ3) is 2.34. The van der Waals surface area contributed by atoms with Crippen LogP contribution >= 0.6 is 0 Å². The summed E-state index contributed by atoms with van der Waals surface area (Å²) in [5, 5.41) is 0. The van der Waals surface area contributed by atoms with Gasteiger partial charge in [-0.2, -0.15) is 0 Å². The first kappa shape index (κ1) is 12.9. The van der Waals surface area contributed by atoms with E-state index in [2.05, 4.69) is 13.5 Å². The van der Waals surface area contributed by atoms with Gasteiger partial charge < -0.3 is 9.80 Å². The van der Waals surface area contributed by atoms with E-state index in [9.17, 15) is 9.59 Å². The molecule has 98 valence electrons. The van der Waals surface area contributed by atoms with Crippen molar-refractivity contribution in [2.45, 2.75) is 19.8 Å². The lowest BCUT2D eigenvalue weighted by Crippen LogP contribution is -2.29. The van der Waals surface area contributed by atoms with Crippen LogP contribution in [0.4, 0.5) is 0 Å². The number of carbonyl (C=O) groups is 1. The molecule has 0 bridgehead atoms. The third-order valence-corrected chi connectivity index (χ3v) is 4.37. The molecule has 0 aromatic heterocycles. The highest BCUT2D eigenvalue weighted by atomic mass is 16.2. The van der Waals surface area contributed by atoms with E-state index in [1.54, 1.807) is 11.1 Å². The predicted octanol–water partition coefficient (Wildman–Crippen LogP) is 1.28. The van der Waals surface area contributed by atoms with Crippen molar-refractivity contribution in [1.82, 2.24) is 9.80 Å². The van der Waals surface area contributed by atoms with Crippen molar-refractivity contribution in [2.24, 2.45) is 17.8 Å². The molecule has 3 unspecified atom stereocenters. The monoisotopic (exact) mass is 248 g/mol. The Kier molecular flexibility index (Phi) is 3.87. The van der Waals surface area contributed by atoms with Crippen molar-refractivity contribution in [3.05, 3.63) is 19.0 Å². The van der Waals surface area contributed by atoms with E-state index in [0.29, 0.717) is 11.8 Å². The Balaban J connectivity index is 1.96. The van der Waals surface area contributed by atoms with Crippen molar-refractivity contribution in [1.29, 1.82) is 0 Å². The number of hydrogen-bond donors (Lipinski definition) is 0. The number of carbonyl (C=O) groups excluding carboxylic acids is 2. The fourth-order valence-corrected chi connectivity index (χ4v) is 3.16. The minimum atomic E-state index is 0.119. The van der Waals surface area contributed by atoms with Crippen LogP contribution in [0.25, 0.3) is 0 Å². The number of rotatable bonds is 4. The Bertz CT molecular complexity index is 387. The average molecular weight is 248 g/mol. The molecule has 2 fully saturated rings. The van der Waals surface area contributed by atoms with Crippen molar-refractivity contribution in [3.8, 4) is 0 Å². The van der Waals surface area contributed by atoms with Crippen molar-refractivity contribution in [3.63, 3.8) is 0 Å². The second kappa shape index (κ2) is 5.40. The van der Waals surface area contributed by atoms with Crippen molar-refractivity contribution < 1.29 is 9.59 Å². The molecule has 1 amide bonds. The Morgan fingerprint density at radius 2 is 2.22 bits per heavy atom. The molecule has 2 heterocycles. The van der Waals surface area contributed by atoms with Gasteiger partial charge in [0, 0.05) is 25.6 Å². The van der Waals surface area contributed by atoms with Gasteiger partial charge in [-0.25, -0.2) is 4.79 Å². The highest BCUT2D eigenvalue weighted by Crippen LogP contribution is 2.34. The zero-order valence-corrected chi connectivity index (χ0v) is 10.8. The molecule has 4 heteroatoms. The number of likely N-dealkylation sites (tertiary alicyclic amines) is 2. The van der Waals surface area contributed by atoms with Crippen LogP contribution < -0.4 is 0 Å². The van der Waals surface area contributed by atoms with Crippen LogP contribution in [0.5, 0.6) is 0 Å². The van der Waals surface area contributed by atoms with E-state index >= 15 is 0 Å². The van der Waals surface area contributed by atoms with Crippen molar-refractivity contribution >= 4 is 11.8 Å². The van der Waals surface area contributed by atoms with Crippen LogP contribution in [0.1, 0.15) is 19.8 Å². The van der Waals surface area contributed by atoms with E-state index in [-0.39, 0.29) is 11.8 Å². The molecule has 0 aliphatic carbocycles. The SMILES string of the molecule is C=CN1CCC(C(C)C2CCN(C=C=O)C2)C1=O. The fourth-order valence-electron chi connectivity index (χ4n) is 3.16. The minimum Gasteiger partial charge on any atom is -0.368 e. The van der Waals surface area contributed by atoms with Crippen LogP contribution in [0.3, 0.4) is 0 Å². The normalized spacial score (nSPS) is 29.3. The lowest BCUT2D eigenvalue weighted by atomic mass is 9.81. The van der Waals surface area contributed by atoms with E-state index in [1.807, 2.05) is 10.8 Å². The zero-order valence-electron chi connectivity index (χ0n) is 10.8. The van der Waals surface area contributed by atoms with Crippen molar-refractivity contribution in [2.75, 3.05) is 19.6 Å². The lowest BCUT2D eigenvalue weighted by Gasteiger charge is -2.24. The molecule has 0 spiro atoms. The molecule has 0 aromatic carbocycles. The summed E-state index contributed by atoms with van der Waals surface area (Å²) >= 11 is 0. The maximum absolute atomic E-state index is 12.1. The molecular formula is C14H20N2O2. The molecule has 0 radical (unpaired) electrons. The van der Waals surface area contributed by atoms with E-state index in [1.165, 1.54) is 6.20 Å². The molecule has 3 atom stereocenters. The molecule has 0 saturated carbocycles. The Morgan fingerprint density at radius 3 is 2.83 bits per heavy atom. The van der Waals surface area contributed by atoms with Gasteiger partial charge >= 0.3 is 0 Å². The standard InChI is InChI=1S/C14H20N2O2/c1-3-16-7-5-13(14(16)18)11(2)12-4-6-15(10-12)8-9-17/h3,8,11-13H,1,4-7,10H2,2H3. The molecule has 2 saturated heterocycles. The van der Waals surface area contributed by atoms with Gasteiger partial charge in [-0.15, -0.1) is 0 Å². The minimum absolute atomic E-state index is 0.119. The topological polar surface area (TPSA) is 40.6 Å². The summed E-state index contributed by atoms with van der Waals surface area (Å²) in [6.45, 7) is 8.39. The molecule has 0 N–H and O–H groups in total. The fraction of sp³-hybridized carbons (Fsp3) is 0.643. The summed E-state index contributed by atoms with van der Waals surface area (Å²) in [5.74, 6) is 3.02. The maximum Gasteiger partial charge on any atom is 0.229 e. The number of amides is 1. The first-order valence-electron chi connectivity index (χ1n) is 6.55. The Labute approximate surface area is 108 Å². The largest absolute Gasteiger partial charge is 0.368 e. The van der Waals surface area contributed by atoms with Gasteiger partial charge in [0.05, 0.1) is 6.20 Å². The molecule has 2 aliphatic rings. The van der Waals surface area contributed by atoms with Gasteiger partial charge in [-0.1, -0.05) is 13.5 Å². The van der Waals surface area contributed by atoms with Crippen LogP contribution in [0, 0.1) is 17.8 Å². The summed E-state index contributed by atoms with van der Waals surface area (Å²) in [4.78, 5) is 26.2. The first-order valence-corrected chi connectivity index (χ1v) is 6.55. The maximum atomic E-state index is 12.1. The highest BCUT2D eigenvalue weighted by Gasteiger charge is 2.39. The molecule has 2 aliphatic heterocycles. The zero-order chi connectivity index (χ0) is 13.1. The summed E-state index contributed by atoms with van der Waals surface area (Å²) in [7, 11) is 0. The quantitative estimate of drug-likeness (QED) is 0.704. The van der Waals surface area contributed by atoms with Gasteiger partial charge in [-0.05, 0) is 30.9 Å². The van der Waals surface area contributed by atoms with Gasteiger partial charge in [0.1, 0.15) is 5.94 Å². The van der Waals surface area contributed by atoms with Crippen LogP contribution in [-0.2, 0) is 9.59 Å².